The first kappa shape index (κ1) is 13.4. The molecular weight excluding hydrogens is 216 g/mol. The molecule has 0 fully saturated rings. The highest BCUT2D eigenvalue weighted by molar-refractivity contribution is 5.91. The molecule has 2 amide bonds. The number of rotatable bonds is 5. The van der Waals surface area contributed by atoms with Crippen LogP contribution in [0.2, 0.25) is 0 Å². The summed E-state index contributed by atoms with van der Waals surface area (Å²) in [5.41, 5.74) is 0.847. The highest BCUT2D eigenvalue weighted by Crippen LogP contribution is 2.17. The van der Waals surface area contributed by atoms with Gasteiger partial charge in [0.25, 0.3) is 0 Å². The van der Waals surface area contributed by atoms with Gasteiger partial charge in [0.1, 0.15) is 5.75 Å². The molecule has 0 atom stereocenters. The average molecular weight is 236 g/mol. The van der Waals surface area contributed by atoms with Gasteiger partial charge in [0.2, 0.25) is 0 Å². The number of hydrogen-bond acceptors (Lipinski definition) is 2. The van der Waals surface area contributed by atoms with Crippen molar-refractivity contribution >= 4 is 11.7 Å². The summed E-state index contributed by atoms with van der Waals surface area (Å²) in [5, 5.41) is 2.87. The van der Waals surface area contributed by atoms with E-state index in [0.717, 1.165) is 30.8 Å². The number of anilines is 1. The first-order valence-corrected chi connectivity index (χ1v) is 5.84. The lowest BCUT2D eigenvalue weighted by Gasteiger charge is -2.18. The van der Waals surface area contributed by atoms with Gasteiger partial charge in [-0.1, -0.05) is 13.3 Å². The number of benzene rings is 1. The number of nitrogens with one attached hydrogen (secondary N) is 1. The second kappa shape index (κ2) is 6.78. The Morgan fingerprint density at radius 1 is 1.35 bits per heavy atom. The predicted molar refractivity (Wildman–Crippen MR) is 69.7 cm³/mol. The van der Waals surface area contributed by atoms with E-state index in [1.165, 1.54) is 0 Å². The standard InChI is InChI=1S/C13H20N2O2/c1-4-5-10-14-13(16)15(2)11-6-8-12(17-3)9-7-11/h6-9H,4-5,10H2,1-3H3,(H,14,16). The van der Waals surface area contributed by atoms with Crippen LogP contribution in [0.1, 0.15) is 19.8 Å². The fourth-order valence-corrected chi connectivity index (χ4v) is 1.41. The molecule has 0 aliphatic rings. The Balaban J connectivity index is 2.55. The Morgan fingerprint density at radius 3 is 2.53 bits per heavy atom. The number of unbranched alkanes of at least 4 members (excludes halogenated alkanes) is 1. The van der Waals surface area contributed by atoms with Crippen LogP contribution in [-0.2, 0) is 0 Å². The number of hydrogen-bond donors (Lipinski definition) is 1. The average Bonchev–Trinajstić information content (AvgIpc) is 2.38. The van der Waals surface area contributed by atoms with E-state index in [1.807, 2.05) is 24.3 Å². The van der Waals surface area contributed by atoms with Gasteiger partial charge in [-0.3, -0.25) is 4.90 Å². The smallest absolute Gasteiger partial charge is 0.321 e. The summed E-state index contributed by atoms with van der Waals surface area (Å²) in [7, 11) is 3.37. The Morgan fingerprint density at radius 2 is 2.00 bits per heavy atom. The molecule has 1 aromatic carbocycles. The zero-order valence-corrected chi connectivity index (χ0v) is 10.7. The molecule has 1 rings (SSSR count). The fraction of sp³-hybridized carbons (Fsp3) is 0.462. The number of carbonyl (C=O) groups is 1. The van der Waals surface area contributed by atoms with Gasteiger partial charge in [0.05, 0.1) is 7.11 Å². The maximum Gasteiger partial charge on any atom is 0.321 e. The van der Waals surface area contributed by atoms with E-state index in [0.29, 0.717) is 0 Å². The van der Waals surface area contributed by atoms with Gasteiger partial charge in [-0.25, -0.2) is 4.79 Å². The molecule has 0 unspecified atom stereocenters. The Hall–Kier alpha value is -1.71. The summed E-state index contributed by atoms with van der Waals surface area (Å²) in [5.74, 6) is 0.786. The zero-order valence-electron chi connectivity index (χ0n) is 10.7. The molecule has 0 heterocycles. The van der Waals surface area contributed by atoms with Crippen LogP contribution in [0.25, 0.3) is 0 Å². The minimum Gasteiger partial charge on any atom is -0.497 e. The molecule has 0 saturated carbocycles. The van der Waals surface area contributed by atoms with Crippen molar-refractivity contribution < 1.29 is 9.53 Å². The molecular formula is C13H20N2O2. The molecule has 4 heteroatoms. The van der Waals surface area contributed by atoms with Crippen molar-refractivity contribution in [2.75, 3.05) is 25.6 Å². The Bertz CT molecular complexity index is 349. The van der Waals surface area contributed by atoms with Crippen LogP contribution in [0.5, 0.6) is 5.75 Å². The van der Waals surface area contributed by atoms with Crippen molar-refractivity contribution in [2.45, 2.75) is 19.8 Å². The number of urea groups is 1. The number of amides is 2. The second-order valence-corrected chi connectivity index (χ2v) is 3.84. The first-order valence-electron chi connectivity index (χ1n) is 5.84. The molecule has 0 radical (unpaired) electrons. The molecule has 94 valence electrons. The molecule has 0 spiro atoms. The number of methoxy groups -OCH3 is 1. The van der Waals surface area contributed by atoms with Crippen molar-refractivity contribution in [3.63, 3.8) is 0 Å². The monoisotopic (exact) mass is 236 g/mol. The third-order valence-corrected chi connectivity index (χ3v) is 2.57. The van der Waals surface area contributed by atoms with Gasteiger partial charge in [-0.05, 0) is 30.7 Å². The highest BCUT2D eigenvalue weighted by atomic mass is 16.5. The minimum atomic E-state index is -0.0800. The number of nitrogens with zero attached hydrogens (tertiary/aromatic N) is 1. The van der Waals surface area contributed by atoms with Crippen molar-refractivity contribution in [2.24, 2.45) is 0 Å². The Kier molecular flexibility index (Phi) is 5.33. The highest BCUT2D eigenvalue weighted by Gasteiger charge is 2.09. The van der Waals surface area contributed by atoms with Crippen molar-refractivity contribution in [1.82, 2.24) is 5.32 Å². The molecule has 1 N–H and O–H groups in total. The zero-order chi connectivity index (χ0) is 12.7. The maximum atomic E-state index is 11.8. The molecule has 0 aliphatic carbocycles. The van der Waals surface area contributed by atoms with Gasteiger partial charge in [0.15, 0.2) is 0 Å². The SMILES string of the molecule is CCCCNC(=O)N(C)c1ccc(OC)cc1. The lowest BCUT2D eigenvalue weighted by Crippen LogP contribution is -2.37. The molecule has 0 aliphatic heterocycles. The molecule has 1 aromatic rings. The van der Waals surface area contributed by atoms with E-state index in [-0.39, 0.29) is 6.03 Å². The van der Waals surface area contributed by atoms with E-state index in [9.17, 15) is 4.79 Å². The van der Waals surface area contributed by atoms with E-state index in [4.69, 9.17) is 4.74 Å². The van der Waals surface area contributed by atoms with Gasteiger partial charge >= 0.3 is 6.03 Å². The van der Waals surface area contributed by atoms with Crippen LogP contribution in [0, 0.1) is 0 Å². The summed E-state index contributed by atoms with van der Waals surface area (Å²) >= 11 is 0. The lowest BCUT2D eigenvalue weighted by atomic mass is 10.3. The van der Waals surface area contributed by atoms with Crippen LogP contribution in [0.15, 0.2) is 24.3 Å². The normalized spacial score (nSPS) is 9.82. The van der Waals surface area contributed by atoms with E-state index in [1.54, 1.807) is 19.1 Å². The third-order valence-electron chi connectivity index (χ3n) is 2.57. The molecule has 0 bridgehead atoms. The van der Waals surface area contributed by atoms with Gasteiger partial charge < -0.3 is 10.1 Å². The van der Waals surface area contributed by atoms with Crippen LogP contribution < -0.4 is 15.0 Å². The summed E-state index contributed by atoms with van der Waals surface area (Å²) in [6.07, 6.45) is 2.08. The van der Waals surface area contributed by atoms with Gasteiger partial charge in [-0.2, -0.15) is 0 Å². The van der Waals surface area contributed by atoms with E-state index >= 15 is 0 Å². The van der Waals surface area contributed by atoms with Crippen LogP contribution in [-0.4, -0.2) is 26.7 Å². The van der Waals surface area contributed by atoms with E-state index < -0.39 is 0 Å². The minimum absolute atomic E-state index is 0.0800. The molecule has 0 saturated heterocycles. The van der Waals surface area contributed by atoms with E-state index in [2.05, 4.69) is 12.2 Å². The molecule has 4 nitrogen and oxygen atoms in total. The first-order chi connectivity index (χ1) is 8.19. The summed E-state index contributed by atoms with van der Waals surface area (Å²) in [6, 6.07) is 7.32. The van der Waals surface area contributed by atoms with Crippen molar-refractivity contribution in [3.05, 3.63) is 24.3 Å². The number of carbonyl (C=O) groups excluding carboxylic acids is 1. The van der Waals surface area contributed by atoms with Crippen molar-refractivity contribution in [3.8, 4) is 5.75 Å². The predicted octanol–water partition coefficient (Wildman–Crippen LogP) is 2.64. The maximum absolute atomic E-state index is 11.8. The largest absolute Gasteiger partial charge is 0.497 e. The Labute approximate surface area is 103 Å². The topological polar surface area (TPSA) is 41.6 Å². The molecule has 0 aromatic heterocycles. The van der Waals surface area contributed by atoms with Crippen LogP contribution in [0.4, 0.5) is 10.5 Å². The summed E-state index contributed by atoms with van der Waals surface area (Å²) in [6.45, 7) is 2.81. The quantitative estimate of drug-likeness (QED) is 0.798. The third kappa shape index (κ3) is 3.98. The molecule has 17 heavy (non-hydrogen) atoms. The van der Waals surface area contributed by atoms with Gasteiger partial charge in [0, 0.05) is 19.3 Å². The lowest BCUT2D eigenvalue weighted by molar-refractivity contribution is 0.247. The van der Waals surface area contributed by atoms with Crippen LogP contribution >= 0.6 is 0 Å². The van der Waals surface area contributed by atoms with Crippen molar-refractivity contribution in [1.29, 1.82) is 0 Å². The summed E-state index contributed by atoms with van der Waals surface area (Å²) < 4.78 is 5.07. The number of ether oxygens (including phenoxy) is 1. The second-order valence-electron chi connectivity index (χ2n) is 3.84. The van der Waals surface area contributed by atoms with Crippen LogP contribution in [0.3, 0.4) is 0 Å². The fourth-order valence-electron chi connectivity index (χ4n) is 1.41. The summed E-state index contributed by atoms with van der Waals surface area (Å²) in [4.78, 5) is 13.3. The van der Waals surface area contributed by atoms with Gasteiger partial charge in [-0.15, -0.1) is 0 Å².